The van der Waals surface area contributed by atoms with Crippen LogP contribution in [0.15, 0.2) is 180 Å². The predicted molar refractivity (Wildman–Crippen MR) is 506 cm³/mol. The van der Waals surface area contributed by atoms with Gasteiger partial charge < -0.3 is 60.0 Å². The molecule has 0 unspecified atom stereocenters. The summed E-state index contributed by atoms with van der Waals surface area (Å²) in [6, 6.07) is 50.2. The van der Waals surface area contributed by atoms with Crippen LogP contribution >= 0.6 is 15.9 Å². The maximum Gasteiger partial charge on any atom is 0.183 e. The Morgan fingerprint density at radius 2 is 0.690 bits per heavy atom. The number of hydrogen-bond donors (Lipinski definition) is 2. The summed E-state index contributed by atoms with van der Waals surface area (Å²) in [4.78, 5) is 60.5. The van der Waals surface area contributed by atoms with E-state index in [-0.39, 0.29) is 11.1 Å². The van der Waals surface area contributed by atoms with Gasteiger partial charge in [-0.05, 0) is 218 Å². The molecule has 6 aromatic carbocycles. The number of para-hydroxylation sites is 3. The van der Waals surface area contributed by atoms with Crippen LogP contribution in [0.1, 0.15) is 157 Å². The van der Waals surface area contributed by atoms with Gasteiger partial charge >= 0.3 is 0 Å². The number of ether oxygens (including phenoxy) is 3. The first kappa shape index (κ1) is 84.9. The summed E-state index contributed by atoms with van der Waals surface area (Å²) < 4.78 is 22.6. The molecule has 4 saturated heterocycles. The number of nitrogens with two attached hydrogens (primary N) is 2. The molecule has 15 heterocycles. The third kappa shape index (κ3) is 18.7. The molecule has 0 saturated carbocycles. The summed E-state index contributed by atoms with van der Waals surface area (Å²) in [5.74, 6) is 9.01. The molecule has 8 aliphatic heterocycles. The molecule has 21 rings (SSSR count). The lowest BCUT2D eigenvalue weighted by Gasteiger charge is -2.37. The standard InChI is InChI=1S/C29H34N6O.C28H33N7O.C21H26N6.C20H24BrN5O/c1-29(2)14-17-33(18-15-29)25-19-30-26-27(31-25)35(20-21-10-12-23(36-3)13-11-21)32-28(26)34-16-6-8-22-7-4-5-9-24(22)34;1-28(29)13-16-33(17-14-28)24-18-30-25-26(31-24)35(19-20-9-11-22(36-2)12-10-20)32-27(25)34-15-5-7-21-6-3-4-8-23(21)34;1-21(22)8-11-26(12-9-21)18-14-23-19-16(25-18)13-24-20(19)27-10-4-6-15-5-2-3-7-17(15)27;1-20(2)8-10-25(11-9-20)16-12-22-17-18(21)24-26(19(17)23-16)13-14-4-6-15(27-3)7-5-14/h4-5,7,9-13,19H,6,8,14-18,20H2,1-3H3;3-4,6,8-12,18H,5,7,13-17,19,29H2,1-2H3;2-3,5,7,14H,4,6,8-13,22H2,1H3;4-7,12H,8-11,13H2,1-3H3. The molecule has 0 aliphatic carbocycles. The first-order chi connectivity index (χ1) is 61.1. The van der Waals surface area contributed by atoms with Crippen molar-refractivity contribution in [2.45, 2.75) is 169 Å². The van der Waals surface area contributed by atoms with Crippen molar-refractivity contribution in [3.8, 4) is 17.2 Å². The minimum atomic E-state index is -0.112. The van der Waals surface area contributed by atoms with Crippen LogP contribution < -0.4 is 60.0 Å². The minimum Gasteiger partial charge on any atom is -0.497 e. The number of piperidine rings is 4. The van der Waals surface area contributed by atoms with Crippen LogP contribution in [-0.4, -0.2) is 179 Å². The maximum absolute atomic E-state index is 6.37. The van der Waals surface area contributed by atoms with Crippen LogP contribution in [0.5, 0.6) is 17.2 Å². The lowest BCUT2D eigenvalue weighted by molar-refractivity contribution is 0.279. The Morgan fingerprint density at radius 1 is 0.365 bits per heavy atom. The number of hydrogen-bond acceptors (Lipinski definition) is 24. The number of fused-ring (bicyclic) bond motifs is 7. The lowest BCUT2D eigenvalue weighted by atomic mass is 9.83. The Bertz CT molecular complexity index is 5810. The second-order valence-electron chi connectivity index (χ2n) is 37.1. The Balaban J connectivity index is 0.000000115. The number of aliphatic imine (C=N–C) groups is 1. The summed E-state index contributed by atoms with van der Waals surface area (Å²) in [5.41, 5.74) is 31.4. The largest absolute Gasteiger partial charge is 0.497 e. The van der Waals surface area contributed by atoms with E-state index in [1.54, 1.807) is 21.3 Å². The Labute approximate surface area is 746 Å². The Morgan fingerprint density at radius 3 is 1.08 bits per heavy atom. The fraction of sp³-hybridized carbons (Fsp3) is 0.429. The topological polar surface area (TPSA) is 271 Å². The van der Waals surface area contributed by atoms with E-state index in [1.807, 2.05) is 87.4 Å². The van der Waals surface area contributed by atoms with Crippen molar-refractivity contribution in [2.24, 2.45) is 27.3 Å². The Hall–Kier alpha value is -11.9. The monoisotopic (exact) mass is 1760 g/mol. The van der Waals surface area contributed by atoms with Crippen LogP contribution in [0.2, 0.25) is 0 Å². The molecular formula is C98H117BrN24O3. The van der Waals surface area contributed by atoms with Crippen LogP contribution in [0.25, 0.3) is 33.5 Å². The number of benzene rings is 6. The first-order valence-electron chi connectivity index (χ1n) is 44.9. The molecule has 27 nitrogen and oxygen atoms in total. The number of halogens is 1. The van der Waals surface area contributed by atoms with Crippen molar-refractivity contribution in [1.82, 2.24) is 69.2 Å². The molecule has 13 aromatic rings. The average Bonchev–Trinajstić information content (AvgIpc) is 1.62. The zero-order valence-corrected chi connectivity index (χ0v) is 75.9. The second kappa shape index (κ2) is 36.2. The van der Waals surface area contributed by atoms with Crippen LogP contribution in [-0.2, 0) is 45.4 Å². The molecule has 654 valence electrons. The van der Waals surface area contributed by atoms with E-state index >= 15 is 0 Å². The molecule has 8 aliphatic rings. The quantitative estimate of drug-likeness (QED) is 0.0965. The molecular weight excluding hydrogens is 1640 g/mol. The van der Waals surface area contributed by atoms with Crippen molar-refractivity contribution < 1.29 is 14.2 Å². The highest BCUT2D eigenvalue weighted by Crippen LogP contribution is 2.42. The fourth-order valence-electron chi connectivity index (χ4n) is 18.3. The summed E-state index contributed by atoms with van der Waals surface area (Å²) in [5, 5.41) is 14.8. The first-order valence-corrected chi connectivity index (χ1v) is 45.7. The normalized spacial score (nSPS) is 17.9. The third-order valence-electron chi connectivity index (χ3n) is 26.6. The van der Waals surface area contributed by atoms with Gasteiger partial charge in [0.2, 0.25) is 0 Å². The molecule has 0 atom stereocenters. The SMILES string of the molecule is CC1(N)CCN(c2cnc3c(n2)CN=C3N2CCCc3ccccc32)CC1.COc1ccc(Cn2nc(Br)c3ncc(N4CCC(C)(C)CC4)nc32)cc1.COc1ccc(Cn2nc(N3CCCc4ccccc43)c3ncc(N4CCC(C)(C)CC4)nc32)cc1.COc1ccc(Cn2nc(N3CCCc4ccccc43)c3ncc(N4CCC(C)(N)CC4)nc32)cc1. The number of rotatable bonds is 15. The van der Waals surface area contributed by atoms with E-state index in [4.69, 9.17) is 75.8 Å². The van der Waals surface area contributed by atoms with E-state index < -0.39 is 0 Å². The number of aromatic nitrogens is 14. The maximum atomic E-state index is 6.37. The summed E-state index contributed by atoms with van der Waals surface area (Å²) >= 11 is 3.52. The zero-order valence-electron chi connectivity index (χ0n) is 74.3. The van der Waals surface area contributed by atoms with Gasteiger partial charge in [0.15, 0.2) is 50.0 Å². The molecule has 4 fully saturated rings. The van der Waals surface area contributed by atoms with Gasteiger partial charge in [0.25, 0.3) is 0 Å². The van der Waals surface area contributed by atoms with Gasteiger partial charge in [-0.2, -0.15) is 15.3 Å². The van der Waals surface area contributed by atoms with Crippen molar-refractivity contribution in [1.29, 1.82) is 0 Å². The van der Waals surface area contributed by atoms with Gasteiger partial charge in [0.1, 0.15) is 51.7 Å². The third-order valence-corrected chi connectivity index (χ3v) is 27.1. The summed E-state index contributed by atoms with van der Waals surface area (Å²) in [7, 11) is 5.05. The van der Waals surface area contributed by atoms with Gasteiger partial charge in [0.05, 0.1) is 78.0 Å². The minimum absolute atomic E-state index is 0.0570. The molecule has 126 heavy (non-hydrogen) atoms. The van der Waals surface area contributed by atoms with Gasteiger partial charge in [0, 0.05) is 100 Å². The molecule has 7 aromatic heterocycles. The number of anilines is 9. The van der Waals surface area contributed by atoms with Crippen molar-refractivity contribution >= 4 is 107 Å². The Kier molecular flexibility index (Phi) is 24.4. The van der Waals surface area contributed by atoms with E-state index in [9.17, 15) is 0 Å². The highest BCUT2D eigenvalue weighted by molar-refractivity contribution is 9.10. The smallest absolute Gasteiger partial charge is 0.183 e. The average molecular weight is 1760 g/mol. The number of amidine groups is 1. The van der Waals surface area contributed by atoms with Crippen LogP contribution in [0.4, 0.5) is 52.0 Å². The van der Waals surface area contributed by atoms with E-state index in [2.05, 4.69) is 199 Å². The molecule has 0 amide bonds. The predicted octanol–water partition coefficient (Wildman–Crippen LogP) is 16.7. The molecule has 4 N–H and O–H groups in total. The fourth-order valence-corrected chi connectivity index (χ4v) is 18.8. The van der Waals surface area contributed by atoms with Crippen LogP contribution in [0.3, 0.4) is 0 Å². The van der Waals surface area contributed by atoms with Gasteiger partial charge in [-0.3, -0.25) is 4.99 Å². The van der Waals surface area contributed by atoms with Crippen molar-refractivity contribution in [2.75, 3.05) is 128 Å². The second-order valence-corrected chi connectivity index (χ2v) is 37.8. The summed E-state index contributed by atoms with van der Waals surface area (Å²) in [6.45, 7) is 26.6. The molecule has 0 spiro atoms. The van der Waals surface area contributed by atoms with Crippen LogP contribution in [0, 0.1) is 10.8 Å². The molecule has 28 heteroatoms. The zero-order chi connectivity index (χ0) is 86.9. The number of aryl methyl sites for hydroxylation is 3. The van der Waals surface area contributed by atoms with Gasteiger partial charge in [-0.25, -0.2) is 53.9 Å². The molecule has 0 bridgehead atoms. The number of nitrogens with zero attached hydrogens (tertiary/aromatic N) is 22. The van der Waals surface area contributed by atoms with E-state index in [1.165, 1.54) is 46.6 Å². The van der Waals surface area contributed by atoms with E-state index in [0.717, 1.165) is 273 Å². The lowest BCUT2D eigenvalue weighted by Crippen LogP contribution is -2.48. The van der Waals surface area contributed by atoms with E-state index in [0.29, 0.717) is 37.0 Å². The highest BCUT2D eigenvalue weighted by Gasteiger charge is 2.36. The van der Waals surface area contributed by atoms with Crippen molar-refractivity contribution in [3.63, 3.8) is 0 Å². The molecule has 0 radical (unpaired) electrons. The summed E-state index contributed by atoms with van der Waals surface area (Å²) in [6.07, 6.45) is 22.8. The van der Waals surface area contributed by atoms with Gasteiger partial charge in [-0.15, -0.1) is 0 Å². The number of methoxy groups -OCH3 is 3. The van der Waals surface area contributed by atoms with Gasteiger partial charge in [-0.1, -0.05) is 119 Å². The highest BCUT2D eigenvalue weighted by atomic mass is 79.9. The van der Waals surface area contributed by atoms with Crippen molar-refractivity contribution in [3.05, 3.63) is 220 Å².